The molecule has 5 aromatic rings. The first-order chi connectivity index (χ1) is 26.9. The standard InChI is InChI=1S/C47H52N2O7/c1-33(50)41(48-5)28-39-26-37(22-24-43(39)53-30-34-16-10-7-11-17-34)38-23-25-44(54-31-35-18-12-8-13-19-35)40(27-38)29-42(49(6)46(52)56-47(2,3)4)45(51)55-32-36-20-14-9-15-21-36/h7-27,41-42,48H,28-32H2,1-6H3/t41-,42-/m0/s1. The fourth-order valence-electron chi connectivity index (χ4n) is 6.13. The molecule has 0 aliphatic heterocycles. The Morgan fingerprint density at radius 2 is 1.09 bits per heavy atom. The van der Waals surface area contributed by atoms with Gasteiger partial charge in [-0.2, -0.15) is 0 Å². The highest BCUT2D eigenvalue weighted by atomic mass is 16.6. The lowest BCUT2D eigenvalue weighted by molar-refractivity contribution is -0.150. The van der Waals surface area contributed by atoms with Crippen LogP contribution in [0.25, 0.3) is 11.1 Å². The maximum absolute atomic E-state index is 14.0. The zero-order valence-electron chi connectivity index (χ0n) is 33.1. The van der Waals surface area contributed by atoms with Gasteiger partial charge in [-0.25, -0.2) is 9.59 Å². The summed E-state index contributed by atoms with van der Waals surface area (Å²) >= 11 is 0. The lowest BCUT2D eigenvalue weighted by Gasteiger charge is -2.30. The maximum Gasteiger partial charge on any atom is 0.410 e. The van der Waals surface area contributed by atoms with Crippen LogP contribution in [-0.2, 0) is 51.7 Å². The highest BCUT2D eigenvalue weighted by Crippen LogP contribution is 2.33. The van der Waals surface area contributed by atoms with Crippen molar-refractivity contribution >= 4 is 17.8 Å². The Morgan fingerprint density at radius 1 is 0.643 bits per heavy atom. The first-order valence-electron chi connectivity index (χ1n) is 18.8. The van der Waals surface area contributed by atoms with E-state index in [1.54, 1.807) is 41.8 Å². The molecule has 2 atom stereocenters. The smallest absolute Gasteiger partial charge is 0.410 e. The number of nitrogens with one attached hydrogen (secondary N) is 1. The number of esters is 1. The van der Waals surface area contributed by atoms with Crippen LogP contribution in [0.1, 0.15) is 55.5 Å². The Labute approximate surface area is 330 Å². The van der Waals surface area contributed by atoms with E-state index in [1.807, 2.05) is 127 Å². The van der Waals surface area contributed by atoms with Gasteiger partial charge in [0.2, 0.25) is 0 Å². The number of Topliss-reactive ketones (excluding diaryl/α,β-unsaturated/α-hetero) is 1. The molecule has 0 bridgehead atoms. The third-order valence-electron chi connectivity index (χ3n) is 9.25. The Hall–Kier alpha value is -5.93. The van der Waals surface area contributed by atoms with Crippen molar-refractivity contribution in [3.05, 3.63) is 155 Å². The van der Waals surface area contributed by atoms with E-state index in [2.05, 4.69) is 5.32 Å². The van der Waals surface area contributed by atoms with Gasteiger partial charge in [0.25, 0.3) is 0 Å². The summed E-state index contributed by atoms with van der Waals surface area (Å²) in [6.45, 7) is 7.64. The lowest BCUT2D eigenvalue weighted by atomic mass is 9.94. The molecule has 5 rings (SSSR count). The molecule has 0 saturated heterocycles. The molecular formula is C47H52N2O7. The van der Waals surface area contributed by atoms with E-state index in [9.17, 15) is 14.4 Å². The van der Waals surface area contributed by atoms with Gasteiger partial charge in [-0.15, -0.1) is 0 Å². The van der Waals surface area contributed by atoms with Gasteiger partial charge in [0.1, 0.15) is 48.7 Å². The fourth-order valence-corrected chi connectivity index (χ4v) is 6.13. The first kappa shape index (κ1) is 41.2. The van der Waals surface area contributed by atoms with Crippen molar-refractivity contribution in [1.82, 2.24) is 10.2 Å². The Kier molecular flexibility index (Phi) is 14.4. The van der Waals surface area contributed by atoms with Crippen LogP contribution >= 0.6 is 0 Å². The van der Waals surface area contributed by atoms with E-state index in [0.29, 0.717) is 36.7 Å². The van der Waals surface area contributed by atoms with Crippen molar-refractivity contribution in [2.75, 3.05) is 14.1 Å². The van der Waals surface area contributed by atoms with E-state index in [0.717, 1.165) is 33.4 Å². The van der Waals surface area contributed by atoms with Crippen LogP contribution in [0.4, 0.5) is 4.79 Å². The number of nitrogens with zero attached hydrogens (tertiary/aromatic N) is 1. The summed E-state index contributed by atoms with van der Waals surface area (Å²) in [5.41, 5.74) is 5.34. The van der Waals surface area contributed by atoms with Gasteiger partial charge >= 0.3 is 12.1 Å². The fraction of sp³-hybridized carbons (Fsp3) is 0.298. The first-order valence-corrected chi connectivity index (χ1v) is 18.8. The number of likely N-dealkylation sites (N-methyl/N-ethyl adjacent to an activating group) is 2. The van der Waals surface area contributed by atoms with E-state index in [1.165, 1.54) is 4.90 Å². The minimum Gasteiger partial charge on any atom is -0.489 e. The molecule has 292 valence electrons. The SMILES string of the molecule is CN[C@@H](Cc1cc(-c2ccc(OCc3ccccc3)c(C[C@@H](C(=O)OCc3ccccc3)N(C)C(=O)OC(C)(C)C)c2)ccc1OCc1ccccc1)C(C)=O. The molecule has 0 radical (unpaired) electrons. The van der Waals surface area contributed by atoms with Gasteiger partial charge in [-0.3, -0.25) is 9.69 Å². The molecule has 1 amide bonds. The lowest BCUT2D eigenvalue weighted by Crippen LogP contribution is -2.46. The molecule has 0 aliphatic rings. The maximum atomic E-state index is 14.0. The summed E-state index contributed by atoms with van der Waals surface area (Å²) in [6.07, 6.45) is -0.147. The van der Waals surface area contributed by atoms with Gasteiger partial charge in [0, 0.05) is 13.5 Å². The molecular weight excluding hydrogens is 705 g/mol. The minimum absolute atomic E-state index is 0.0217. The van der Waals surface area contributed by atoms with Crippen LogP contribution in [0.3, 0.4) is 0 Å². The van der Waals surface area contributed by atoms with Crippen molar-refractivity contribution < 1.29 is 33.3 Å². The summed E-state index contributed by atoms with van der Waals surface area (Å²) in [7, 11) is 3.32. The number of rotatable bonds is 17. The zero-order valence-corrected chi connectivity index (χ0v) is 33.1. The van der Waals surface area contributed by atoms with Crippen molar-refractivity contribution in [1.29, 1.82) is 0 Å². The van der Waals surface area contributed by atoms with Gasteiger partial charge in [-0.05, 0) is 104 Å². The van der Waals surface area contributed by atoms with Crippen molar-refractivity contribution in [3.8, 4) is 22.6 Å². The van der Waals surface area contributed by atoms with Gasteiger partial charge in [0.15, 0.2) is 0 Å². The van der Waals surface area contributed by atoms with Crippen molar-refractivity contribution in [2.45, 2.75) is 78.0 Å². The number of hydrogen-bond donors (Lipinski definition) is 1. The molecule has 9 nitrogen and oxygen atoms in total. The molecule has 1 N–H and O–H groups in total. The second kappa shape index (κ2) is 19.6. The molecule has 0 saturated carbocycles. The van der Waals surface area contributed by atoms with Crippen molar-refractivity contribution in [3.63, 3.8) is 0 Å². The molecule has 0 aromatic heterocycles. The molecule has 0 aliphatic carbocycles. The van der Waals surface area contributed by atoms with Crippen LogP contribution in [0.15, 0.2) is 127 Å². The number of carbonyl (C=O) groups is 3. The van der Waals surface area contributed by atoms with Crippen LogP contribution in [-0.4, -0.2) is 54.5 Å². The Balaban J connectivity index is 1.53. The minimum atomic E-state index is -1.04. The second-order valence-electron chi connectivity index (χ2n) is 14.8. The van der Waals surface area contributed by atoms with Crippen molar-refractivity contribution in [2.24, 2.45) is 0 Å². The normalized spacial score (nSPS) is 12.2. The zero-order chi connectivity index (χ0) is 40.1. The topological polar surface area (TPSA) is 103 Å². The summed E-state index contributed by atoms with van der Waals surface area (Å²) in [5, 5.41) is 3.13. The average molecular weight is 757 g/mol. The predicted octanol–water partition coefficient (Wildman–Crippen LogP) is 8.75. The average Bonchev–Trinajstić information content (AvgIpc) is 3.20. The molecule has 0 spiro atoms. The van der Waals surface area contributed by atoms with E-state index in [4.69, 9.17) is 18.9 Å². The van der Waals surface area contributed by atoms with Crippen LogP contribution in [0, 0.1) is 0 Å². The van der Waals surface area contributed by atoms with Crippen LogP contribution < -0.4 is 14.8 Å². The highest BCUT2D eigenvalue weighted by Gasteiger charge is 2.33. The van der Waals surface area contributed by atoms with Gasteiger partial charge in [0.05, 0.1) is 6.04 Å². The number of hydrogen-bond acceptors (Lipinski definition) is 8. The highest BCUT2D eigenvalue weighted by molar-refractivity contribution is 5.83. The third kappa shape index (κ3) is 12.0. The quantitative estimate of drug-likeness (QED) is 0.0941. The van der Waals surface area contributed by atoms with Gasteiger partial charge in [-0.1, -0.05) is 103 Å². The number of carbonyl (C=O) groups excluding carboxylic acids is 3. The van der Waals surface area contributed by atoms with E-state index < -0.39 is 29.7 Å². The molecule has 0 heterocycles. The predicted molar refractivity (Wildman–Crippen MR) is 218 cm³/mol. The monoisotopic (exact) mass is 756 g/mol. The Bertz CT molecular complexity index is 2050. The molecule has 0 unspecified atom stereocenters. The summed E-state index contributed by atoms with van der Waals surface area (Å²) in [6, 6.07) is 39.5. The Morgan fingerprint density at radius 3 is 1.52 bits per heavy atom. The number of benzene rings is 5. The summed E-state index contributed by atoms with van der Waals surface area (Å²) in [5.74, 6) is 0.688. The molecule has 5 aromatic carbocycles. The number of ether oxygens (including phenoxy) is 4. The van der Waals surface area contributed by atoms with E-state index in [-0.39, 0.29) is 18.8 Å². The van der Waals surface area contributed by atoms with E-state index >= 15 is 0 Å². The van der Waals surface area contributed by atoms with Gasteiger partial charge < -0.3 is 24.3 Å². The molecule has 9 heteroatoms. The molecule has 0 fully saturated rings. The third-order valence-corrected chi connectivity index (χ3v) is 9.25. The largest absolute Gasteiger partial charge is 0.489 e. The van der Waals surface area contributed by atoms with Crippen LogP contribution in [0.2, 0.25) is 0 Å². The number of ketones is 1. The summed E-state index contributed by atoms with van der Waals surface area (Å²) in [4.78, 5) is 41.2. The van der Waals surface area contributed by atoms with Crippen LogP contribution in [0.5, 0.6) is 11.5 Å². The summed E-state index contributed by atoms with van der Waals surface area (Å²) < 4.78 is 24.2. The second-order valence-corrected chi connectivity index (χ2v) is 14.8. The number of amides is 1. The molecule has 56 heavy (non-hydrogen) atoms.